The van der Waals surface area contributed by atoms with Crippen LogP contribution in [-0.2, 0) is 4.74 Å². The fourth-order valence-corrected chi connectivity index (χ4v) is 3.00. The van der Waals surface area contributed by atoms with Crippen molar-refractivity contribution in [2.24, 2.45) is 11.8 Å². The first kappa shape index (κ1) is 11.4. The van der Waals surface area contributed by atoms with E-state index < -0.39 is 0 Å². The minimum Gasteiger partial charge on any atom is -0.381 e. The maximum absolute atomic E-state index is 5.42. The van der Waals surface area contributed by atoms with Crippen molar-refractivity contribution in [3.05, 3.63) is 0 Å². The molecule has 0 unspecified atom stereocenters. The molecule has 2 heterocycles. The standard InChI is InChI=1S/C13H25NO/c1-11(2)12-3-7-14(8-4-12)13-5-9-15-10-6-13/h11-13H,3-10H2,1-2H3. The molecule has 2 fully saturated rings. The maximum Gasteiger partial charge on any atom is 0.0480 e. The van der Waals surface area contributed by atoms with Gasteiger partial charge in [-0.2, -0.15) is 0 Å². The lowest BCUT2D eigenvalue weighted by molar-refractivity contribution is 0.0177. The highest BCUT2D eigenvalue weighted by Crippen LogP contribution is 2.27. The molecule has 0 saturated carbocycles. The number of ether oxygens (including phenoxy) is 1. The summed E-state index contributed by atoms with van der Waals surface area (Å²) < 4.78 is 5.42. The number of hydrogen-bond acceptors (Lipinski definition) is 2. The molecule has 2 aliphatic heterocycles. The lowest BCUT2D eigenvalue weighted by atomic mass is 9.86. The average Bonchev–Trinajstić information content (AvgIpc) is 2.30. The van der Waals surface area contributed by atoms with E-state index in [0.29, 0.717) is 0 Å². The summed E-state index contributed by atoms with van der Waals surface area (Å²) in [4.78, 5) is 2.71. The molecular formula is C13H25NO. The van der Waals surface area contributed by atoms with E-state index in [2.05, 4.69) is 18.7 Å². The minimum atomic E-state index is 0.826. The summed E-state index contributed by atoms with van der Waals surface area (Å²) in [7, 11) is 0. The van der Waals surface area contributed by atoms with Gasteiger partial charge in [0.05, 0.1) is 0 Å². The van der Waals surface area contributed by atoms with Crippen LogP contribution in [0.1, 0.15) is 39.5 Å². The molecule has 2 heteroatoms. The first-order valence-electron chi connectivity index (χ1n) is 6.59. The Kier molecular flexibility index (Phi) is 4.04. The maximum atomic E-state index is 5.42. The van der Waals surface area contributed by atoms with Gasteiger partial charge in [0.15, 0.2) is 0 Å². The average molecular weight is 211 g/mol. The SMILES string of the molecule is CC(C)C1CCN(C2CCOCC2)CC1. The zero-order chi connectivity index (χ0) is 10.7. The third kappa shape index (κ3) is 2.94. The molecule has 0 N–H and O–H groups in total. The van der Waals surface area contributed by atoms with Crippen LogP contribution in [0.15, 0.2) is 0 Å². The summed E-state index contributed by atoms with van der Waals surface area (Å²) in [6.07, 6.45) is 5.34. The highest BCUT2D eigenvalue weighted by Gasteiger charge is 2.27. The van der Waals surface area contributed by atoms with E-state index >= 15 is 0 Å². The van der Waals surface area contributed by atoms with E-state index in [1.807, 2.05) is 0 Å². The molecular weight excluding hydrogens is 186 g/mol. The van der Waals surface area contributed by atoms with Gasteiger partial charge in [0.2, 0.25) is 0 Å². The minimum absolute atomic E-state index is 0.826. The third-order valence-electron chi connectivity index (χ3n) is 4.22. The highest BCUT2D eigenvalue weighted by atomic mass is 16.5. The fourth-order valence-electron chi connectivity index (χ4n) is 3.00. The first-order chi connectivity index (χ1) is 7.27. The van der Waals surface area contributed by atoms with Crippen LogP contribution in [0.5, 0.6) is 0 Å². The smallest absolute Gasteiger partial charge is 0.0480 e. The van der Waals surface area contributed by atoms with Crippen LogP contribution in [-0.4, -0.2) is 37.2 Å². The van der Waals surface area contributed by atoms with Gasteiger partial charge in [-0.3, -0.25) is 0 Å². The first-order valence-corrected chi connectivity index (χ1v) is 6.59. The van der Waals surface area contributed by atoms with Crippen LogP contribution >= 0.6 is 0 Å². The van der Waals surface area contributed by atoms with E-state index in [1.54, 1.807) is 0 Å². The van der Waals surface area contributed by atoms with E-state index in [4.69, 9.17) is 4.74 Å². The number of piperidine rings is 1. The van der Waals surface area contributed by atoms with Crippen LogP contribution in [0.3, 0.4) is 0 Å². The molecule has 2 saturated heterocycles. The van der Waals surface area contributed by atoms with E-state index in [9.17, 15) is 0 Å². The van der Waals surface area contributed by atoms with Crippen molar-refractivity contribution < 1.29 is 4.74 Å². The Morgan fingerprint density at radius 1 is 1.00 bits per heavy atom. The lowest BCUT2D eigenvalue weighted by Crippen LogP contribution is -2.44. The van der Waals surface area contributed by atoms with Gasteiger partial charge in [0.1, 0.15) is 0 Å². The molecule has 0 radical (unpaired) electrons. The molecule has 0 aromatic heterocycles. The van der Waals surface area contributed by atoms with Crippen molar-refractivity contribution in [3.63, 3.8) is 0 Å². The molecule has 0 bridgehead atoms. The fraction of sp³-hybridized carbons (Fsp3) is 1.00. The predicted molar refractivity (Wildman–Crippen MR) is 63.0 cm³/mol. The van der Waals surface area contributed by atoms with Crippen molar-refractivity contribution in [2.45, 2.75) is 45.6 Å². The molecule has 0 atom stereocenters. The lowest BCUT2D eigenvalue weighted by Gasteiger charge is -2.40. The Hall–Kier alpha value is -0.0800. The summed E-state index contributed by atoms with van der Waals surface area (Å²) in [5.41, 5.74) is 0. The van der Waals surface area contributed by atoms with Gasteiger partial charge in [-0.05, 0) is 50.6 Å². The Balaban J connectivity index is 1.77. The van der Waals surface area contributed by atoms with Gasteiger partial charge >= 0.3 is 0 Å². The van der Waals surface area contributed by atoms with Gasteiger partial charge in [-0.25, -0.2) is 0 Å². The Morgan fingerprint density at radius 2 is 1.60 bits per heavy atom. The second kappa shape index (κ2) is 5.31. The number of nitrogens with zero attached hydrogens (tertiary/aromatic N) is 1. The van der Waals surface area contributed by atoms with Gasteiger partial charge in [0, 0.05) is 19.3 Å². The van der Waals surface area contributed by atoms with Crippen molar-refractivity contribution in [1.82, 2.24) is 4.90 Å². The van der Waals surface area contributed by atoms with Gasteiger partial charge in [-0.1, -0.05) is 13.8 Å². The number of hydrogen-bond donors (Lipinski definition) is 0. The van der Waals surface area contributed by atoms with Crippen molar-refractivity contribution in [1.29, 1.82) is 0 Å². The predicted octanol–water partition coefficient (Wildman–Crippen LogP) is 2.53. The number of likely N-dealkylation sites (tertiary alicyclic amines) is 1. The Morgan fingerprint density at radius 3 is 2.13 bits per heavy atom. The summed E-state index contributed by atoms with van der Waals surface area (Å²) >= 11 is 0. The van der Waals surface area contributed by atoms with Crippen LogP contribution in [0.25, 0.3) is 0 Å². The quantitative estimate of drug-likeness (QED) is 0.696. The largest absolute Gasteiger partial charge is 0.381 e. The van der Waals surface area contributed by atoms with Gasteiger partial charge < -0.3 is 9.64 Å². The summed E-state index contributed by atoms with van der Waals surface area (Å²) in [5.74, 6) is 1.85. The second-order valence-electron chi connectivity index (χ2n) is 5.46. The molecule has 0 spiro atoms. The Labute approximate surface area is 94.0 Å². The molecule has 0 amide bonds. The zero-order valence-electron chi connectivity index (χ0n) is 10.2. The van der Waals surface area contributed by atoms with E-state index in [0.717, 1.165) is 31.1 Å². The van der Waals surface area contributed by atoms with Crippen molar-refractivity contribution in [3.8, 4) is 0 Å². The molecule has 2 aliphatic rings. The van der Waals surface area contributed by atoms with Crippen molar-refractivity contribution >= 4 is 0 Å². The van der Waals surface area contributed by atoms with E-state index in [-0.39, 0.29) is 0 Å². The summed E-state index contributed by atoms with van der Waals surface area (Å²) in [6, 6.07) is 0.826. The van der Waals surface area contributed by atoms with Crippen LogP contribution in [0.4, 0.5) is 0 Å². The zero-order valence-corrected chi connectivity index (χ0v) is 10.2. The molecule has 15 heavy (non-hydrogen) atoms. The topological polar surface area (TPSA) is 12.5 Å². The molecule has 88 valence electrons. The molecule has 0 aromatic carbocycles. The Bertz CT molecular complexity index is 179. The van der Waals surface area contributed by atoms with E-state index in [1.165, 1.54) is 38.8 Å². The van der Waals surface area contributed by atoms with Gasteiger partial charge in [0.25, 0.3) is 0 Å². The molecule has 0 aliphatic carbocycles. The van der Waals surface area contributed by atoms with Crippen molar-refractivity contribution in [2.75, 3.05) is 26.3 Å². The molecule has 2 nitrogen and oxygen atoms in total. The highest BCUT2D eigenvalue weighted by molar-refractivity contribution is 4.80. The normalized spacial score (nSPS) is 27.4. The van der Waals surface area contributed by atoms with Crippen LogP contribution in [0, 0.1) is 11.8 Å². The summed E-state index contributed by atoms with van der Waals surface area (Å²) in [6.45, 7) is 9.36. The monoisotopic (exact) mass is 211 g/mol. The van der Waals surface area contributed by atoms with Gasteiger partial charge in [-0.15, -0.1) is 0 Å². The van der Waals surface area contributed by atoms with Crippen LogP contribution < -0.4 is 0 Å². The third-order valence-corrected chi connectivity index (χ3v) is 4.22. The molecule has 2 rings (SSSR count). The van der Waals surface area contributed by atoms with Crippen LogP contribution in [0.2, 0.25) is 0 Å². The second-order valence-corrected chi connectivity index (χ2v) is 5.46. The number of rotatable bonds is 2. The molecule has 0 aromatic rings. The summed E-state index contributed by atoms with van der Waals surface area (Å²) in [5, 5.41) is 0.